The van der Waals surface area contributed by atoms with Crippen LogP contribution in [0.25, 0.3) is 11.1 Å². The van der Waals surface area contributed by atoms with E-state index in [1.807, 2.05) is 54.6 Å². The highest BCUT2D eigenvalue weighted by atomic mass is 35.5. The lowest BCUT2D eigenvalue weighted by molar-refractivity contribution is 0.206. The van der Waals surface area contributed by atoms with Crippen molar-refractivity contribution in [3.63, 3.8) is 0 Å². The number of hydrogen-bond donors (Lipinski definition) is 1. The molecule has 0 aromatic heterocycles. The Kier molecular flexibility index (Phi) is 12.7. The molecule has 1 aliphatic heterocycles. The number of nitriles is 1. The third-order valence-electron chi connectivity index (χ3n) is 10.2. The summed E-state index contributed by atoms with van der Waals surface area (Å²) >= 11 is 6.92. The van der Waals surface area contributed by atoms with Crippen LogP contribution >= 0.6 is 11.6 Å². The molecule has 1 heterocycles. The highest BCUT2D eigenvalue weighted by Crippen LogP contribution is 2.43. The first-order valence-corrected chi connectivity index (χ1v) is 20.7. The van der Waals surface area contributed by atoms with Crippen molar-refractivity contribution in [2.45, 2.75) is 76.9 Å². The van der Waals surface area contributed by atoms with Gasteiger partial charge in [-0.1, -0.05) is 73.0 Å². The minimum absolute atomic E-state index is 0.229. The number of hydrogen-bond acceptors (Lipinski definition) is 5. The summed E-state index contributed by atoms with van der Waals surface area (Å²) in [7, 11) is -1.91. The molecular formula is C43H48ClFN2O3S. The molecule has 3 aliphatic rings. The van der Waals surface area contributed by atoms with E-state index in [0.29, 0.717) is 46.7 Å². The number of benzene rings is 3. The van der Waals surface area contributed by atoms with Gasteiger partial charge in [-0.3, -0.25) is 4.21 Å². The summed E-state index contributed by atoms with van der Waals surface area (Å²) in [6, 6.07) is 19.0. The third-order valence-corrected chi connectivity index (χ3v) is 12.5. The second-order valence-electron chi connectivity index (χ2n) is 14.0. The largest absolute Gasteiger partial charge is 0.488 e. The van der Waals surface area contributed by atoms with E-state index in [0.717, 1.165) is 104 Å². The third kappa shape index (κ3) is 9.95. The monoisotopic (exact) mass is 726 g/mol. The van der Waals surface area contributed by atoms with Gasteiger partial charge in [0.25, 0.3) is 0 Å². The average molecular weight is 727 g/mol. The van der Waals surface area contributed by atoms with Crippen molar-refractivity contribution in [2.75, 3.05) is 24.7 Å². The van der Waals surface area contributed by atoms with Crippen molar-refractivity contribution >= 4 is 27.0 Å². The smallest absolute Gasteiger partial charge is 0.142 e. The van der Waals surface area contributed by atoms with Gasteiger partial charge in [0.2, 0.25) is 0 Å². The van der Waals surface area contributed by atoms with Crippen LogP contribution in [0.4, 0.5) is 4.39 Å². The SMILES string of the molecule is C=S1(=O)CCCCC(CCCNCc2cc(Cl)c(O[C@H]3CCc4c(-c5ccccc5F)cccc43)cc2OCC2=C/CC/C=C/C(C#N)=C\2)CC1. The zero-order valence-electron chi connectivity index (χ0n) is 29.3. The van der Waals surface area contributed by atoms with Crippen molar-refractivity contribution in [1.29, 1.82) is 5.26 Å². The first-order valence-electron chi connectivity index (χ1n) is 18.3. The van der Waals surface area contributed by atoms with E-state index in [2.05, 4.69) is 29.4 Å². The number of halogens is 2. The minimum atomic E-state index is -1.91. The number of ether oxygens (including phenoxy) is 2. The van der Waals surface area contributed by atoms with Gasteiger partial charge in [0.1, 0.15) is 30.0 Å². The molecular weight excluding hydrogens is 679 g/mol. The minimum Gasteiger partial charge on any atom is -0.488 e. The van der Waals surface area contributed by atoms with E-state index < -0.39 is 9.52 Å². The molecule has 0 amide bonds. The van der Waals surface area contributed by atoms with Gasteiger partial charge in [0.05, 0.1) is 16.7 Å². The Morgan fingerprint density at radius 1 is 1.02 bits per heavy atom. The summed E-state index contributed by atoms with van der Waals surface area (Å²) in [5.41, 5.74) is 6.12. The van der Waals surface area contributed by atoms with Gasteiger partial charge in [-0.15, -0.1) is 0 Å². The van der Waals surface area contributed by atoms with Crippen molar-refractivity contribution in [3.8, 4) is 28.7 Å². The topological polar surface area (TPSA) is 71.3 Å². The van der Waals surface area contributed by atoms with E-state index in [4.69, 9.17) is 21.1 Å². The predicted molar refractivity (Wildman–Crippen MR) is 209 cm³/mol. The summed E-state index contributed by atoms with van der Waals surface area (Å²) in [5, 5.41) is 13.7. The van der Waals surface area contributed by atoms with E-state index in [1.54, 1.807) is 6.07 Å². The molecule has 0 bridgehead atoms. The molecule has 5 nitrogen and oxygen atoms in total. The van der Waals surface area contributed by atoms with Crippen LogP contribution in [0, 0.1) is 23.1 Å². The maximum atomic E-state index is 14.8. The fraction of sp³-hybridized carbons (Fsp3) is 0.395. The first-order chi connectivity index (χ1) is 24.8. The molecule has 51 heavy (non-hydrogen) atoms. The number of nitrogens with one attached hydrogen (secondary N) is 1. The Hall–Kier alpha value is -3.83. The molecule has 3 atom stereocenters. The van der Waals surface area contributed by atoms with Gasteiger partial charge in [0.15, 0.2) is 0 Å². The van der Waals surface area contributed by atoms with Gasteiger partial charge in [-0.2, -0.15) is 5.26 Å². The van der Waals surface area contributed by atoms with Gasteiger partial charge < -0.3 is 14.8 Å². The molecule has 3 aromatic rings. The normalized spacial score (nSPS) is 24.6. The van der Waals surface area contributed by atoms with Crippen molar-refractivity contribution < 1.29 is 18.1 Å². The van der Waals surface area contributed by atoms with E-state index in [-0.39, 0.29) is 11.9 Å². The van der Waals surface area contributed by atoms with Crippen LogP contribution in [-0.4, -0.2) is 34.7 Å². The number of fused-ring (bicyclic) bond motifs is 1. The molecule has 0 radical (unpaired) electrons. The van der Waals surface area contributed by atoms with E-state index in [9.17, 15) is 13.9 Å². The van der Waals surface area contributed by atoms with Crippen LogP contribution in [0.5, 0.6) is 11.5 Å². The molecule has 1 saturated heterocycles. The Bertz CT molecular complexity index is 1940. The van der Waals surface area contributed by atoms with Gasteiger partial charge in [-0.05, 0) is 126 Å². The van der Waals surface area contributed by atoms with Crippen LogP contribution in [0.3, 0.4) is 0 Å². The summed E-state index contributed by atoms with van der Waals surface area (Å²) in [6.45, 7) is 1.73. The lowest BCUT2D eigenvalue weighted by Gasteiger charge is -2.22. The van der Waals surface area contributed by atoms with Crippen molar-refractivity contribution in [1.82, 2.24) is 5.32 Å². The van der Waals surface area contributed by atoms with Crippen molar-refractivity contribution in [3.05, 3.63) is 118 Å². The molecule has 6 rings (SSSR count). The fourth-order valence-electron chi connectivity index (χ4n) is 7.43. The van der Waals surface area contributed by atoms with Crippen molar-refractivity contribution in [2.24, 2.45) is 5.92 Å². The second-order valence-corrected chi connectivity index (χ2v) is 17.1. The number of allylic oxidation sites excluding steroid dienone is 4. The standard InChI is InChI=1S/C43H48ClFN2O3S/c1-51(48)23-8-7-11-31(21-24-51)14-10-22-47-29-34-26-39(44)43(27-42(34)49-30-33-13-4-2-3-12-32(25-33)28-46)50-41-20-19-36-35(16-9-17-38(36)41)37-15-5-6-18-40(37)45/h3,5-6,9,12-13,15-18,25-27,31,41,47H,1-2,4,7-8,10-11,14,19-24,29-30H2/b12-3+,32-25+,33-13+/t31?,41-,51?/m0/s1. The molecule has 268 valence electrons. The predicted octanol–water partition coefficient (Wildman–Crippen LogP) is 10.1. The maximum absolute atomic E-state index is 14.8. The maximum Gasteiger partial charge on any atom is 0.142 e. The lowest BCUT2D eigenvalue weighted by atomic mass is 9.94. The van der Waals surface area contributed by atoms with Crippen LogP contribution in [0.2, 0.25) is 5.02 Å². The molecule has 0 spiro atoms. The zero-order valence-corrected chi connectivity index (χ0v) is 30.9. The molecule has 2 unspecified atom stereocenters. The van der Waals surface area contributed by atoms with Gasteiger partial charge in [-0.25, -0.2) is 4.39 Å². The quantitative estimate of drug-likeness (QED) is 0.149. The zero-order chi connectivity index (χ0) is 35.6. The highest BCUT2D eigenvalue weighted by Gasteiger charge is 2.28. The summed E-state index contributed by atoms with van der Waals surface area (Å²) < 4.78 is 40.5. The second kappa shape index (κ2) is 17.6. The molecule has 0 saturated carbocycles. The van der Waals surface area contributed by atoms with E-state index >= 15 is 0 Å². The fourth-order valence-corrected chi connectivity index (χ4v) is 9.36. The lowest BCUT2D eigenvalue weighted by Crippen LogP contribution is -2.20. The highest BCUT2D eigenvalue weighted by molar-refractivity contribution is 8.00. The Morgan fingerprint density at radius 2 is 1.88 bits per heavy atom. The van der Waals surface area contributed by atoms with E-state index in [1.165, 1.54) is 12.5 Å². The first kappa shape index (κ1) is 36.9. The Morgan fingerprint density at radius 3 is 2.75 bits per heavy atom. The molecule has 8 heteroatoms. The van der Waals surface area contributed by atoms with Crippen LogP contribution in [-0.2, 0) is 22.5 Å². The van der Waals surface area contributed by atoms with Gasteiger partial charge >= 0.3 is 0 Å². The molecule has 2 aliphatic carbocycles. The molecule has 3 aromatic carbocycles. The van der Waals surface area contributed by atoms with Crippen LogP contribution in [0.15, 0.2) is 90.0 Å². The summed E-state index contributed by atoms with van der Waals surface area (Å²) in [6.07, 6.45) is 17.4. The van der Waals surface area contributed by atoms with Crippen LogP contribution in [0.1, 0.15) is 80.6 Å². The Balaban J connectivity index is 1.17. The number of nitrogens with zero attached hydrogens (tertiary/aromatic N) is 1. The number of rotatable bonds is 12. The summed E-state index contributed by atoms with van der Waals surface area (Å²) in [5.74, 6) is 7.09. The molecule has 1 N–H and O–H groups in total. The van der Waals surface area contributed by atoms with Crippen LogP contribution < -0.4 is 14.8 Å². The Labute approximate surface area is 308 Å². The average Bonchev–Trinajstić information content (AvgIpc) is 3.52. The molecule has 1 fully saturated rings. The van der Waals surface area contributed by atoms with Gasteiger partial charge in [0, 0.05) is 35.2 Å². The summed E-state index contributed by atoms with van der Waals surface area (Å²) in [4.78, 5) is 0.